The molecule has 4 aromatic rings. The van der Waals surface area contributed by atoms with Gasteiger partial charge in [-0.15, -0.1) is 11.3 Å². The SMILES string of the molecule is Fc1cccc(-c2cc(-c3cccc(F)c3)c(-c3cccc(F)c3)s2)c1. The van der Waals surface area contributed by atoms with Gasteiger partial charge < -0.3 is 0 Å². The van der Waals surface area contributed by atoms with Crippen molar-refractivity contribution >= 4 is 11.3 Å². The van der Waals surface area contributed by atoms with Crippen molar-refractivity contribution in [2.24, 2.45) is 0 Å². The molecule has 0 aliphatic rings. The first-order chi connectivity index (χ1) is 12.6. The lowest BCUT2D eigenvalue weighted by Crippen LogP contribution is -1.82. The molecule has 0 aliphatic carbocycles. The summed E-state index contributed by atoms with van der Waals surface area (Å²) in [4.78, 5) is 1.65. The van der Waals surface area contributed by atoms with Gasteiger partial charge in [0.15, 0.2) is 0 Å². The standard InChI is InChI=1S/C22H13F3S/c23-17-7-1-4-14(10-17)20-13-21(15-5-2-8-18(24)11-15)26-22(20)16-6-3-9-19(25)12-16/h1-13H. The van der Waals surface area contributed by atoms with Crippen LogP contribution < -0.4 is 0 Å². The zero-order valence-electron chi connectivity index (χ0n) is 13.5. The molecule has 0 N–H and O–H groups in total. The van der Waals surface area contributed by atoms with Crippen LogP contribution in [-0.4, -0.2) is 0 Å². The van der Waals surface area contributed by atoms with Crippen LogP contribution in [0.3, 0.4) is 0 Å². The Hall–Kier alpha value is -2.85. The first kappa shape index (κ1) is 16.6. The highest BCUT2D eigenvalue weighted by atomic mass is 32.1. The van der Waals surface area contributed by atoms with E-state index in [1.54, 1.807) is 18.2 Å². The molecule has 0 bridgehead atoms. The maximum Gasteiger partial charge on any atom is 0.123 e. The second-order valence-electron chi connectivity index (χ2n) is 5.88. The summed E-state index contributed by atoms with van der Waals surface area (Å²) in [6, 6.07) is 20.8. The summed E-state index contributed by atoms with van der Waals surface area (Å²) in [5.74, 6) is -1.00. The number of benzene rings is 3. The number of halogens is 3. The molecular weight excluding hydrogens is 353 g/mol. The molecule has 0 spiro atoms. The van der Waals surface area contributed by atoms with Crippen LogP contribution in [0.25, 0.3) is 32.0 Å². The van der Waals surface area contributed by atoms with Crippen LogP contribution in [0.4, 0.5) is 13.2 Å². The largest absolute Gasteiger partial charge is 0.207 e. The third kappa shape index (κ3) is 3.28. The zero-order chi connectivity index (χ0) is 18.1. The van der Waals surface area contributed by atoms with Gasteiger partial charge in [0.2, 0.25) is 0 Å². The van der Waals surface area contributed by atoms with E-state index in [1.165, 1.54) is 47.7 Å². The fourth-order valence-corrected chi connectivity index (χ4v) is 4.06. The van der Waals surface area contributed by atoms with Crippen LogP contribution in [0.5, 0.6) is 0 Å². The van der Waals surface area contributed by atoms with E-state index in [9.17, 15) is 13.2 Å². The van der Waals surface area contributed by atoms with E-state index < -0.39 is 0 Å². The zero-order valence-corrected chi connectivity index (χ0v) is 14.4. The number of rotatable bonds is 3. The monoisotopic (exact) mass is 366 g/mol. The molecule has 128 valence electrons. The van der Waals surface area contributed by atoms with Crippen LogP contribution >= 0.6 is 11.3 Å². The molecule has 1 heterocycles. The Bertz CT molecular complexity index is 1020. The Balaban J connectivity index is 1.93. The maximum absolute atomic E-state index is 13.7. The minimum Gasteiger partial charge on any atom is -0.207 e. The van der Waals surface area contributed by atoms with Gasteiger partial charge in [-0.1, -0.05) is 36.4 Å². The minimum absolute atomic E-state index is 0.324. The van der Waals surface area contributed by atoms with E-state index in [2.05, 4.69) is 0 Å². The summed E-state index contributed by atoms with van der Waals surface area (Å²) in [7, 11) is 0. The molecule has 1 aromatic heterocycles. The fraction of sp³-hybridized carbons (Fsp3) is 0. The van der Waals surface area contributed by atoms with Gasteiger partial charge in [-0.2, -0.15) is 0 Å². The summed E-state index contributed by atoms with van der Waals surface area (Å²) in [5, 5.41) is 0. The van der Waals surface area contributed by atoms with Crippen molar-refractivity contribution in [2.45, 2.75) is 0 Å². The van der Waals surface area contributed by atoms with E-state index >= 15 is 0 Å². The highest BCUT2D eigenvalue weighted by Gasteiger charge is 2.15. The molecule has 4 rings (SSSR count). The molecule has 26 heavy (non-hydrogen) atoms. The average molecular weight is 366 g/mol. The molecule has 0 amide bonds. The van der Waals surface area contributed by atoms with Gasteiger partial charge in [0.25, 0.3) is 0 Å². The quantitative estimate of drug-likeness (QED) is 0.361. The highest BCUT2D eigenvalue weighted by molar-refractivity contribution is 7.19. The Labute approximate surface area is 153 Å². The predicted molar refractivity (Wildman–Crippen MR) is 101 cm³/mol. The van der Waals surface area contributed by atoms with E-state index in [-0.39, 0.29) is 17.5 Å². The Kier molecular flexibility index (Phi) is 4.35. The molecule has 0 fully saturated rings. The Morgan fingerprint density at radius 2 is 1.04 bits per heavy atom. The van der Waals surface area contributed by atoms with Gasteiger partial charge in [-0.25, -0.2) is 13.2 Å². The first-order valence-corrected chi connectivity index (χ1v) is 8.83. The molecule has 0 radical (unpaired) electrons. The van der Waals surface area contributed by atoms with E-state index in [1.807, 2.05) is 24.3 Å². The van der Waals surface area contributed by atoms with Crippen LogP contribution in [0.2, 0.25) is 0 Å². The van der Waals surface area contributed by atoms with Gasteiger partial charge in [-0.05, 0) is 59.2 Å². The van der Waals surface area contributed by atoms with Crippen LogP contribution in [0.15, 0.2) is 78.9 Å². The summed E-state index contributed by atoms with van der Waals surface area (Å²) in [6.45, 7) is 0. The molecule has 0 atom stereocenters. The lowest BCUT2D eigenvalue weighted by molar-refractivity contribution is 0.628. The number of thiophene rings is 1. The highest BCUT2D eigenvalue weighted by Crippen LogP contribution is 2.43. The molecule has 0 nitrogen and oxygen atoms in total. The molecule has 0 saturated carbocycles. The third-order valence-electron chi connectivity index (χ3n) is 4.06. The van der Waals surface area contributed by atoms with Crippen molar-refractivity contribution in [2.75, 3.05) is 0 Å². The molecule has 3 aromatic carbocycles. The fourth-order valence-electron chi connectivity index (χ4n) is 2.89. The topological polar surface area (TPSA) is 0 Å². The van der Waals surface area contributed by atoms with Gasteiger partial charge in [0.05, 0.1) is 0 Å². The molecular formula is C22H13F3S. The normalized spacial score (nSPS) is 10.9. The van der Waals surface area contributed by atoms with E-state index in [0.29, 0.717) is 11.1 Å². The van der Waals surface area contributed by atoms with Crippen molar-refractivity contribution in [1.82, 2.24) is 0 Å². The minimum atomic E-state index is -0.341. The van der Waals surface area contributed by atoms with E-state index in [4.69, 9.17) is 0 Å². The third-order valence-corrected chi connectivity index (χ3v) is 5.30. The molecule has 0 unspecified atom stereocenters. The van der Waals surface area contributed by atoms with Crippen molar-refractivity contribution in [3.63, 3.8) is 0 Å². The average Bonchev–Trinajstić information content (AvgIpc) is 3.07. The first-order valence-electron chi connectivity index (χ1n) is 8.02. The molecule has 4 heteroatoms. The van der Waals surface area contributed by atoms with Crippen molar-refractivity contribution in [3.8, 4) is 32.0 Å². The van der Waals surface area contributed by atoms with Crippen molar-refractivity contribution in [3.05, 3.63) is 96.3 Å². The smallest absolute Gasteiger partial charge is 0.123 e. The van der Waals surface area contributed by atoms with Crippen molar-refractivity contribution < 1.29 is 13.2 Å². The molecule has 0 saturated heterocycles. The number of hydrogen-bond donors (Lipinski definition) is 0. The lowest BCUT2D eigenvalue weighted by Gasteiger charge is -2.05. The second-order valence-corrected chi connectivity index (χ2v) is 6.94. The Morgan fingerprint density at radius 3 is 1.65 bits per heavy atom. The van der Waals surface area contributed by atoms with Gasteiger partial charge >= 0.3 is 0 Å². The van der Waals surface area contributed by atoms with Crippen molar-refractivity contribution in [1.29, 1.82) is 0 Å². The Morgan fingerprint density at radius 1 is 0.538 bits per heavy atom. The number of hydrogen-bond acceptors (Lipinski definition) is 1. The van der Waals surface area contributed by atoms with Crippen LogP contribution in [0.1, 0.15) is 0 Å². The maximum atomic E-state index is 13.7. The molecule has 0 aliphatic heterocycles. The van der Waals surface area contributed by atoms with E-state index in [0.717, 1.165) is 20.9 Å². The lowest BCUT2D eigenvalue weighted by atomic mass is 10.0. The second kappa shape index (κ2) is 6.81. The summed E-state index contributed by atoms with van der Waals surface area (Å²) < 4.78 is 41.1. The van der Waals surface area contributed by atoms with Gasteiger partial charge in [0, 0.05) is 15.3 Å². The van der Waals surface area contributed by atoms with Gasteiger partial charge in [-0.3, -0.25) is 0 Å². The van der Waals surface area contributed by atoms with Crippen LogP contribution in [0, 0.1) is 17.5 Å². The van der Waals surface area contributed by atoms with Crippen LogP contribution in [-0.2, 0) is 0 Å². The summed E-state index contributed by atoms with van der Waals surface area (Å²) in [6.07, 6.45) is 0. The summed E-state index contributed by atoms with van der Waals surface area (Å²) >= 11 is 1.43. The summed E-state index contributed by atoms with van der Waals surface area (Å²) in [5.41, 5.74) is 2.93. The predicted octanol–water partition coefficient (Wildman–Crippen LogP) is 7.17. The van der Waals surface area contributed by atoms with Gasteiger partial charge in [0.1, 0.15) is 17.5 Å².